The van der Waals surface area contributed by atoms with Gasteiger partial charge in [0.25, 0.3) is 10.0 Å². The molecule has 2 heterocycles. The molecule has 0 spiro atoms. The number of pyridine rings is 1. The largest absolute Gasteiger partial charge is 0.494 e. The number of aromatic nitrogens is 2. The summed E-state index contributed by atoms with van der Waals surface area (Å²) in [6.45, 7) is 2.06. The minimum Gasteiger partial charge on any atom is -0.494 e. The molecule has 0 aliphatic heterocycles. The van der Waals surface area contributed by atoms with Gasteiger partial charge in [-0.3, -0.25) is 0 Å². The Morgan fingerprint density at radius 3 is 2.56 bits per heavy atom. The minimum absolute atomic E-state index is 0.117. The Morgan fingerprint density at radius 2 is 1.93 bits per heavy atom. The van der Waals surface area contributed by atoms with Gasteiger partial charge < -0.3 is 10.1 Å². The molecule has 0 saturated carbocycles. The number of nitrogens with one attached hydrogen (secondary N) is 1. The van der Waals surface area contributed by atoms with Crippen molar-refractivity contribution >= 4 is 10.0 Å². The zero-order valence-electron chi connectivity index (χ0n) is 15.2. The summed E-state index contributed by atoms with van der Waals surface area (Å²) in [5, 5.41) is 2.85. The summed E-state index contributed by atoms with van der Waals surface area (Å²) < 4.78 is 47.6. The van der Waals surface area contributed by atoms with Crippen LogP contribution in [0.1, 0.15) is 11.3 Å². The molecule has 2 aromatic heterocycles. The Labute approximate surface area is 157 Å². The lowest BCUT2D eigenvalue weighted by Crippen LogP contribution is -2.15. The Bertz CT molecular complexity index is 1080. The third-order valence-corrected chi connectivity index (χ3v) is 5.65. The molecule has 0 aliphatic carbocycles. The van der Waals surface area contributed by atoms with Crippen LogP contribution >= 0.6 is 0 Å². The van der Waals surface area contributed by atoms with Crippen LogP contribution in [-0.4, -0.2) is 31.5 Å². The van der Waals surface area contributed by atoms with E-state index in [0.717, 1.165) is 3.97 Å². The lowest BCUT2D eigenvalue weighted by molar-refractivity contribution is 0.411. The van der Waals surface area contributed by atoms with Crippen LogP contribution in [0.4, 0.5) is 4.39 Å². The van der Waals surface area contributed by atoms with Gasteiger partial charge in [-0.1, -0.05) is 18.2 Å². The molecular weight excluding hydrogens is 369 g/mol. The van der Waals surface area contributed by atoms with Crippen LogP contribution in [0.3, 0.4) is 0 Å². The van der Waals surface area contributed by atoms with E-state index in [2.05, 4.69) is 10.3 Å². The zero-order chi connectivity index (χ0) is 19.6. The number of halogens is 1. The van der Waals surface area contributed by atoms with Gasteiger partial charge in [-0.05, 0) is 38.2 Å². The van der Waals surface area contributed by atoms with Gasteiger partial charge in [0.05, 0.1) is 7.11 Å². The van der Waals surface area contributed by atoms with Crippen molar-refractivity contribution in [3.63, 3.8) is 0 Å². The van der Waals surface area contributed by atoms with Crippen molar-refractivity contribution in [1.29, 1.82) is 0 Å². The number of benzene rings is 1. The Morgan fingerprint density at radius 1 is 1.19 bits per heavy atom. The van der Waals surface area contributed by atoms with Crippen LogP contribution in [0.25, 0.3) is 11.3 Å². The van der Waals surface area contributed by atoms with E-state index in [1.165, 1.54) is 31.5 Å². The van der Waals surface area contributed by atoms with Gasteiger partial charge in [0, 0.05) is 29.6 Å². The van der Waals surface area contributed by atoms with E-state index in [1.807, 2.05) is 0 Å². The molecule has 142 valence electrons. The molecule has 1 aromatic carbocycles. The monoisotopic (exact) mass is 389 g/mol. The van der Waals surface area contributed by atoms with Crippen molar-refractivity contribution < 1.29 is 17.5 Å². The van der Waals surface area contributed by atoms with Crippen molar-refractivity contribution in [1.82, 2.24) is 14.3 Å². The molecule has 1 N–H and O–H groups in total. The Kier molecular flexibility index (Phi) is 5.29. The first-order valence-electron chi connectivity index (χ1n) is 8.27. The fourth-order valence-corrected chi connectivity index (χ4v) is 4.31. The second kappa shape index (κ2) is 7.50. The van der Waals surface area contributed by atoms with Crippen LogP contribution in [0.15, 0.2) is 53.7 Å². The molecule has 8 heteroatoms. The molecule has 0 atom stereocenters. The fourth-order valence-electron chi connectivity index (χ4n) is 2.91. The molecular formula is C19H20FN3O3S. The number of aryl methyl sites for hydroxylation is 1. The smallest absolute Gasteiger partial charge is 0.285 e. The van der Waals surface area contributed by atoms with E-state index >= 15 is 0 Å². The first-order valence-corrected chi connectivity index (χ1v) is 9.71. The molecule has 3 aromatic rings. The maximum atomic E-state index is 14.5. The third-order valence-electron chi connectivity index (χ3n) is 4.09. The van der Waals surface area contributed by atoms with Crippen molar-refractivity contribution in [3.8, 4) is 17.0 Å². The second-order valence-corrected chi connectivity index (χ2v) is 7.73. The van der Waals surface area contributed by atoms with E-state index in [1.54, 1.807) is 38.2 Å². The molecule has 6 nitrogen and oxygen atoms in total. The van der Waals surface area contributed by atoms with Crippen molar-refractivity contribution in [2.45, 2.75) is 18.5 Å². The summed E-state index contributed by atoms with van der Waals surface area (Å²) in [5.74, 6) is -0.246. The number of rotatable bonds is 6. The molecule has 0 radical (unpaired) electrons. The highest BCUT2D eigenvalue weighted by Gasteiger charge is 2.29. The van der Waals surface area contributed by atoms with Crippen LogP contribution in [-0.2, 0) is 16.6 Å². The molecule has 0 bridgehead atoms. The number of nitrogens with zero attached hydrogens (tertiary/aromatic N) is 2. The number of hydrogen-bond donors (Lipinski definition) is 1. The fraction of sp³-hybridized carbons (Fsp3) is 0.211. The average molecular weight is 389 g/mol. The molecule has 0 unspecified atom stereocenters. The molecule has 0 aliphatic rings. The Hall–Kier alpha value is -2.71. The van der Waals surface area contributed by atoms with E-state index in [0.29, 0.717) is 23.6 Å². The van der Waals surface area contributed by atoms with Gasteiger partial charge >= 0.3 is 0 Å². The van der Waals surface area contributed by atoms with Gasteiger partial charge in [-0.2, -0.15) is 8.42 Å². The summed E-state index contributed by atoms with van der Waals surface area (Å²) in [5.41, 5.74) is 1.42. The van der Waals surface area contributed by atoms with Gasteiger partial charge in [-0.25, -0.2) is 13.3 Å². The van der Waals surface area contributed by atoms with Crippen LogP contribution in [0.2, 0.25) is 0 Å². The highest BCUT2D eigenvalue weighted by atomic mass is 32.2. The topological polar surface area (TPSA) is 73.2 Å². The van der Waals surface area contributed by atoms with Gasteiger partial charge in [0.1, 0.15) is 17.3 Å². The highest BCUT2D eigenvalue weighted by Crippen LogP contribution is 2.38. The maximum Gasteiger partial charge on any atom is 0.285 e. The third kappa shape index (κ3) is 3.45. The van der Waals surface area contributed by atoms with Crippen LogP contribution in [0, 0.1) is 12.7 Å². The van der Waals surface area contributed by atoms with Crippen LogP contribution in [0.5, 0.6) is 5.75 Å². The summed E-state index contributed by atoms with van der Waals surface area (Å²) in [4.78, 5) is 4.13. The zero-order valence-corrected chi connectivity index (χ0v) is 16.0. The molecule has 0 fully saturated rings. The normalized spacial score (nSPS) is 11.6. The first-order chi connectivity index (χ1) is 12.9. The second-order valence-electron chi connectivity index (χ2n) is 5.96. The van der Waals surface area contributed by atoms with E-state index in [-0.39, 0.29) is 16.3 Å². The SMILES string of the molecule is CNCc1cn(S(=O)(=O)c2cccc(C)n2)c(-c2ccccc2F)c1OC. The minimum atomic E-state index is -4.06. The van der Waals surface area contributed by atoms with E-state index in [4.69, 9.17) is 4.74 Å². The summed E-state index contributed by atoms with van der Waals surface area (Å²) in [7, 11) is -0.892. The van der Waals surface area contributed by atoms with Gasteiger partial charge in [0.15, 0.2) is 5.03 Å². The highest BCUT2D eigenvalue weighted by molar-refractivity contribution is 7.90. The molecule has 3 rings (SSSR count). The summed E-state index contributed by atoms with van der Waals surface area (Å²) in [6, 6.07) is 10.7. The van der Waals surface area contributed by atoms with Crippen molar-refractivity contribution in [3.05, 3.63) is 65.7 Å². The molecule has 27 heavy (non-hydrogen) atoms. The van der Waals surface area contributed by atoms with Crippen molar-refractivity contribution in [2.75, 3.05) is 14.2 Å². The summed E-state index contributed by atoms with van der Waals surface area (Å²) >= 11 is 0. The van der Waals surface area contributed by atoms with E-state index < -0.39 is 15.8 Å². The number of ether oxygens (including phenoxy) is 1. The summed E-state index contributed by atoms with van der Waals surface area (Å²) in [6.07, 6.45) is 1.44. The molecule has 0 amide bonds. The predicted octanol–water partition coefficient (Wildman–Crippen LogP) is 2.96. The Balaban J connectivity index is 2.34. The first kappa shape index (κ1) is 19.1. The van der Waals surface area contributed by atoms with Gasteiger partial charge in [0.2, 0.25) is 0 Å². The number of hydrogen-bond acceptors (Lipinski definition) is 5. The number of methoxy groups -OCH3 is 1. The van der Waals surface area contributed by atoms with Crippen molar-refractivity contribution in [2.24, 2.45) is 0 Å². The quantitative estimate of drug-likeness (QED) is 0.702. The lowest BCUT2D eigenvalue weighted by atomic mass is 10.1. The molecule has 0 saturated heterocycles. The van der Waals surface area contributed by atoms with E-state index in [9.17, 15) is 12.8 Å². The van der Waals surface area contributed by atoms with Crippen LogP contribution < -0.4 is 10.1 Å². The predicted molar refractivity (Wildman–Crippen MR) is 101 cm³/mol. The average Bonchev–Trinajstić information content (AvgIpc) is 3.01. The lowest BCUT2D eigenvalue weighted by Gasteiger charge is -2.12. The maximum absolute atomic E-state index is 14.5. The van der Waals surface area contributed by atoms with Gasteiger partial charge in [-0.15, -0.1) is 0 Å². The standard InChI is InChI=1S/C19H20FN3O3S/c1-13-7-6-10-17(22-13)27(24,25)23-12-14(11-21-2)19(26-3)18(23)15-8-4-5-9-16(15)20/h4-10,12,21H,11H2,1-3H3.